The third-order valence-corrected chi connectivity index (χ3v) is 5.46. The van der Waals surface area contributed by atoms with Gasteiger partial charge in [0.15, 0.2) is 17.4 Å². The SMILES string of the molecule is Cc1cc(C(=O)c2ccc(=O)n(-c3c(F)cc(OCCCOS(C)(=O)=O)cc3F)c2N)ccc1F. The first-order valence-corrected chi connectivity index (χ1v) is 12.0. The fourth-order valence-corrected chi connectivity index (χ4v) is 3.64. The number of carbonyl (C=O) groups is 1. The Hall–Kier alpha value is -3.64. The Morgan fingerprint density at radius 1 is 1.00 bits per heavy atom. The van der Waals surface area contributed by atoms with Crippen molar-refractivity contribution in [3.8, 4) is 11.4 Å². The molecular formula is C23H21F3N2O6S. The second kappa shape index (κ2) is 10.3. The summed E-state index contributed by atoms with van der Waals surface area (Å²) in [5.74, 6) is -4.30. The van der Waals surface area contributed by atoms with Crippen LogP contribution in [0.4, 0.5) is 19.0 Å². The zero-order chi connectivity index (χ0) is 25.9. The lowest BCUT2D eigenvalue weighted by atomic mass is 10.0. The van der Waals surface area contributed by atoms with E-state index in [4.69, 9.17) is 10.5 Å². The number of nitrogens with zero attached hydrogens (tertiary/aromatic N) is 1. The van der Waals surface area contributed by atoms with Gasteiger partial charge in [-0.15, -0.1) is 0 Å². The number of anilines is 1. The van der Waals surface area contributed by atoms with Gasteiger partial charge in [0, 0.05) is 30.2 Å². The van der Waals surface area contributed by atoms with Crippen molar-refractivity contribution in [2.75, 3.05) is 25.2 Å². The average molecular weight is 510 g/mol. The van der Waals surface area contributed by atoms with Crippen LogP contribution in [0.5, 0.6) is 5.75 Å². The van der Waals surface area contributed by atoms with Crippen molar-refractivity contribution in [3.63, 3.8) is 0 Å². The summed E-state index contributed by atoms with van der Waals surface area (Å²) in [5, 5.41) is 0. The number of nitrogens with two attached hydrogens (primary N) is 1. The normalized spacial score (nSPS) is 11.5. The number of hydrogen-bond acceptors (Lipinski definition) is 7. The number of halogens is 3. The van der Waals surface area contributed by atoms with Gasteiger partial charge in [0.1, 0.15) is 23.1 Å². The predicted octanol–water partition coefficient (Wildman–Crippen LogP) is 3.12. The fourth-order valence-electron chi connectivity index (χ4n) is 3.22. The van der Waals surface area contributed by atoms with Crippen LogP contribution in [0.2, 0.25) is 0 Å². The number of carbonyl (C=O) groups excluding carboxylic acids is 1. The van der Waals surface area contributed by atoms with E-state index in [1.807, 2.05) is 0 Å². The van der Waals surface area contributed by atoms with Gasteiger partial charge in [0.25, 0.3) is 15.7 Å². The third kappa shape index (κ3) is 6.08. The third-order valence-electron chi connectivity index (χ3n) is 4.86. The maximum absolute atomic E-state index is 14.9. The number of aromatic nitrogens is 1. The molecule has 0 radical (unpaired) electrons. The highest BCUT2D eigenvalue weighted by atomic mass is 32.2. The summed E-state index contributed by atoms with van der Waals surface area (Å²) >= 11 is 0. The lowest BCUT2D eigenvalue weighted by Crippen LogP contribution is -2.25. The molecule has 3 aromatic rings. The minimum atomic E-state index is -3.62. The van der Waals surface area contributed by atoms with Crippen molar-refractivity contribution in [2.24, 2.45) is 0 Å². The number of benzene rings is 2. The van der Waals surface area contributed by atoms with E-state index in [0.717, 1.165) is 36.6 Å². The Morgan fingerprint density at radius 2 is 1.66 bits per heavy atom. The molecule has 35 heavy (non-hydrogen) atoms. The molecule has 0 atom stereocenters. The Bertz CT molecular complexity index is 1430. The van der Waals surface area contributed by atoms with Gasteiger partial charge in [0.2, 0.25) is 0 Å². The highest BCUT2D eigenvalue weighted by molar-refractivity contribution is 7.85. The zero-order valence-electron chi connectivity index (χ0n) is 18.7. The summed E-state index contributed by atoms with van der Waals surface area (Å²) in [7, 11) is -3.62. The van der Waals surface area contributed by atoms with Crippen LogP contribution in [-0.4, -0.2) is 38.2 Å². The number of rotatable bonds is 9. The van der Waals surface area contributed by atoms with E-state index >= 15 is 0 Å². The summed E-state index contributed by atoms with van der Waals surface area (Å²) in [4.78, 5) is 25.4. The molecule has 12 heteroatoms. The molecule has 0 fully saturated rings. The smallest absolute Gasteiger partial charge is 0.264 e. The molecule has 186 valence electrons. The topological polar surface area (TPSA) is 118 Å². The largest absolute Gasteiger partial charge is 0.493 e. The number of aryl methyl sites for hydroxylation is 1. The van der Waals surface area contributed by atoms with Crippen LogP contribution in [0.25, 0.3) is 5.69 Å². The molecule has 3 rings (SSSR count). The highest BCUT2D eigenvalue weighted by Gasteiger charge is 2.22. The molecular weight excluding hydrogens is 489 g/mol. The Balaban J connectivity index is 1.91. The van der Waals surface area contributed by atoms with Crippen molar-refractivity contribution >= 4 is 21.7 Å². The number of hydrogen-bond donors (Lipinski definition) is 1. The van der Waals surface area contributed by atoms with Crippen LogP contribution in [0.1, 0.15) is 27.9 Å². The van der Waals surface area contributed by atoms with Gasteiger partial charge < -0.3 is 10.5 Å². The lowest BCUT2D eigenvalue weighted by Gasteiger charge is -2.16. The first kappa shape index (κ1) is 26.0. The molecule has 0 saturated carbocycles. The molecule has 1 aromatic heterocycles. The van der Waals surface area contributed by atoms with Crippen molar-refractivity contribution in [2.45, 2.75) is 13.3 Å². The van der Waals surface area contributed by atoms with Crippen molar-refractivity contribution in [1.82, 2.24) is 4.57 Å². The second-order valence-corrected chi connectivity index (χ2v) is 9.21. The van der Waals surface area contributed by atoms with Gasteiger partial charge in [-0.05, 0) is 36.8 Å². The first-order valence-electron chi connectivity index (χ1n) is 10.2. The number of nitrogen functional groups attached to an aromatic ring is 1. The molecule has 0 amide bonds. The van der Waals surface area contributed by atoms with Crippen LogP contribution < -0.4 is 16.0 Å². The molecule has 0 aliphatic rings. The minimum Gasteiger partial charge on any atom is -0.493 e. The second-order valence-electron chi connectivity index (χ2n) is 7.56. The molecule has 2 aromatic carbocycles. The highest BCUT2D eigenvalue weighted by Crippen LogP contribution is 2.27. The van der Waals surface area contributed by atoms with Crippen LogP contribution in [0.15, 0.2) is 47.3 Å². The van der Waals surface area contributed by atoms with Gasteiger partial charge in [-0.25, -0.2) is 13.2 Å². The standard InChI is InChI=1S/C23H21F3N2O6S/c1-13-10-14(4-6-17(13)24)22(30)16-5-7-20(29)28(23(16)27)21-18(25)11-15(12-19(21)26)33-8-3-9-34-35(2,31)32/h4-7,10-12H,3,8-9,27H2,1-2H3. The van der Waals surface area contributed by atoms with Gasteiger partial charge in [-0.3, -0.25) is 18.3 Å². The van der Waals surface area contributed by atoms with Crippen LogP contribution in [0.3, 0.4) is 0 Å². The molecule has 1 heterocycles. The maximum atomic E-state index is 14.9. The monoisotopic (exact) mass is 510 g/mol. The van der Waals surface area contributed by atoms with Gasteiger partial charge >= 0.3 is 0 Å². The number of ether oxygens (including phenoxy) is 1. The minimum absolute atomic E-state index is 0.0744. The molecule has 0 saturated heterocycles. The Labute approximate surface area is 198 Å². The van der Waals surface area contributed by atoms with Crippen molar-refractivity contribution < 1.29 is 35.3 Å². The first-order chi connectivity index (χ1) is 16.4. The quantitative estimate of drug-likeness (QED) is 0.267. The molecule has 0 spiro atoms. The van der Waals surface area contributed by atoms with Crippen molar-refractivity contribution in [1.29, 1.82) is 0 Å². The average Bonchev–Trinajstić information content (AvgIpc) is 2.76. The van der Waals surface area contributed by atoms with E-state index in [2.05, 4.69) is 4.18 Å². The van der Waals surface area contributed by atoms with Crippen LogP contribution >= 0.6 is 0 Å². The summed E-state index contributed by atoms with van der Waals surface area (Å²) in [5.41, 5.74) is 4.36. The summed E-state index contributed by atoms with van der Waals surface area (Å²) in [6.45, 7) is 1.18. The zero-order valence-corrected chi connectivity index (χ0v) is 19.5. The number of ketones is 1. The van der Waals surface area contributed by atoms with Crippen LogP contribution in [0, 0.1) is 24.4 Å². The van der Waals surface area contributed by atoms with Crippen LogP contribution in [-0.2, 0) is 14.3 Å². The van der Waals surface area contributed by atoms with Crippen molar-refractivity contribution in [3.05, 3.63) is 87.0 Å². The van der Waals surface area contributed by atoms with Gasteiger partial charge in [-0.2, -0.15) is 8.42 Å². The van der Waals surface area contributed by atoms with E-state index < -0.39 is 50.4 Å². The number of pyridine rings is 1. The fraction of sp³-hybridized carbons (Fsp3) is 0.217. The summed E-state index contributed by atoms with van der Waals surface area (Å²) < 4.78 is 75.4. The summed E-state index contributed by atoms with van der Waals surface area (Å²) in [6, 6.07) is 7.32. The Kier molecular flexibility index (Phi) is 7.66. The van der Waals surface area contributed by atoms with E-state index in [1.165, 1.54) is 19.1 Å². The lowest BCUT2D eigenvalue weighted by molar-refractivity contribution is 0.103. The predicted molar refractivity (Wildman–Crippen MR) is 122 cm³/mol. The van der Waals surface area contributed by atoms with Gasteiger partial charge in [0.05, 0.1) is 25.0 Å². The van der Waals surface area contributed by atoms with E-state index in [9.17, 15) is 31.2 Å². The summed E-state index contributed by atoms with van der Waals surface area (Å²) in [6.07, 6.45) is 1.01. The molecule has 0 unspecified atom stereocenters. The molecule has 0 bridgehead atoms. The van der Waals surface area contributed by atoms with Gasteiger partial charge in [-0.1, -0.05) is 0 Å². The van der Waals surface area contributed by atoms with E-state index in [1.54, 1.807) is 0 Å². The van der Waals surface area contributed by atoms with E-state index in [-0.39, 0.29) is 42.1 Å². The molecule has 0 aliphatic heterocycles. The molecule has 0 aliphatic carbocycles. The molecule has 2 N–H and O–H groups in total. The molecule has 8 nitrogen and oxygen atoms in total. The Morgan fingerprint density at radius 3 is 2.26 bits per heavy atom. The van der Waals surface area contributed by atoms with E-state index in [0.29, 0.717) is 4.57 Å². The maximum Gasteiger partial charge on any atom is 0.264 e.